The Balaban J connectivity index is 1.53. The van der Waals surface area contributed by atoms with Gasteiger partial charge in [-0.15, -0.1) is 0 Å². The molecule has 0 aliphatic carbocycles. The van der Waals surface area contributed by atoms with Crippen LogP contribution in [-0.2, 0) is 13.0 Å². The minimum absolute atomic E-state index is 0.211. The minimum Gasteiger partial charge on any atom is -0.497 e. The average molecular weight is 389 g/mol. The molecule has 0 aliphatic rings. The summed E-state index contributed by atoms with van der Waals surface area (Å²) in [6.07, 6.45) is 4.05. The van der Waals surface area contributed by atoms with Crippen LogP contribution in [0.1, 0.15) is 31.8 Å². The van der Waals surface area contributed by atoms with Crippen LogP contribution in [0.15, 0.2) is 73.1 Å². The van der Waals surface area contributed by atoms with E-state index in [2.05, 4.69) is 15.6 Å². The van der Waals surface area contributed by atoms with E-state index in [0.29, 0.717) is 30.6 Å². The van der Waals surface area contributed by atoms with Crippen molar-refractivity contribution in [3.63, 3.8) is 0 Å². The Morgan fingerprint density at radius 1 is 0.862 bits per heavy atom. The topological polar surface area (TPSA) is 80.3 Å². The molecule has 6 heteroatoms. The molecule has 2 N–H and O–H groups in total. The number of nitrogens with zero attached hydrogens (tertiary/aromatic N) is 1. The molecular weight excluding hydrogens is 366 g/mol. The lowest BCUT2D eigenvalue weighted by Gasteiger charge is -2.09. The van der Waals surface area contributed by atoms with Crippen LogP contribution in [0, 0.1) is 0 Å². The van der Waals surface area contributed by atoms with Gasteiger partial charge in [-0.2, -0.15) is 0 Å². The van der Waals surface area contributed by atoms with Crippen molar-refractivity contribution in [2.45, 2.75) is 13.0 Å². The van der Waals surface area contributed by atoms with Crippen molar-refractivity contribution in [2.75, 3.05) is 13.7 Å². The summed E-state index contributed by atoms with van der Waals surface area (Å²) in [5.74, 6) is 0.351. The smallest absolute Gasteiger partial charge is 0.251 e. The summed E-state index contributed by atoms with van der Waals surface area (Å²) in [5, 5.41) is 5.74. The van der Waals surface area contributed by atoms with Crippen molar-refractivity contribution < 1.29 is 14.3 Å². The molecule has 0 saturated carbocycles. The standard InChI is InChI=1S/C23H23N3O3/c1-29-21-7-2-4-17(14-21)10-13-25-22(27)19-5-3-6-20(15-19)23(28)26-16-18-8-11-24-12-9-18/h2-9,11-12,14-15H,10,13,16H2,1H3,(H,25,27)(H,26,28). The summed E-state index contributed by atoms with van der Waals surface area (Å²) in [7, 11) is 1.63. The Bertz CT molecular complexity index is 974. The number of hydrogen-bond acceptors (Lipinski definition) is 4. The van der Waals surface area contributed by atoms with Crippen LogP contribution in [0.2, 0.25) is 0 Å². The Hall–Kier alpha value is -3.67. The van der Waals surface area contributed by atoms with Crippen LogP contribution in [0.25, 0.3) is 0 Å². The second kappa shape index (κ2) is 10.0. The monoisotopic (exact) mass is 389 g/mol. The van der Waals surface area contributed by atoms with E-state index in [1.807, 2.05) is 36.4 Å². The first-order valence-corrected chi connectivity index (χ1v) is 9.34. The van der Waals surface area contributed by atoms with Gasteiger partial charge < -0.3 is 15.4 Å². The molecule has 0 radical (unpaired) electrons. The molecule has 3 rings (SSSR count). The van der Waals surface area contributed by atoms with E-state index in [1.54, 1.807) is 43.8 Å². The van der Waals surface area contributed by atoms with Crippen molar-refractivity contribution in [1.82, 2.24) is 15.6 Å². The van der Waals surface area contributed by atoms with Gasteiger partial charge in [0.15, 0.2) is 0 Å². The molecule has 1 aromatic heterocycles. The van der Waals surface area contributed by atoms with E-state index in [-0.39, 0.29) is 11.8 Å². The van der Waals surface area contributed by atoms with E-state index in [9.17, 15) is 9.59 Å². The van der Waals surface area contributed by atoms with Gasteiger partial charge in [-0.05, 0) is 60.0 Å². The Kier molecular flexibility index (Phi) is 6.95. The molecule has 29 heavy (non-hydrogen) atoms. The van der Waals surface area contributed by atoms with Crippen molar-refractivity contribution in [3.8, 4) is 5.75 Å². The third kappa shape index (κ3) is 5.90. The summed E-state index contributed by atoms with van der Waals surface area (Å²) < 4.78 is 5.21. The number of rotatable bonds is 8. The third-order valence-electron chi connectivity index (χ3n) is 4.42. The predicted octanol–water partition coefficient (Wildman–Crippen LogP) is 2.99. The maximum absolute atomic E-state index is 12.4. The van der Waals surface area contributed by atoms with Crippen molar-refractivity contribution >= 4 is 11.8 Å². The normalized spacial score (nSPS) is 10.2. The van der Waals surface area contributed by atoms with Crippen LogP contribution in [0.5, 0.6) is 5.75 Å². The van der Waals surface area contributed by atoms with Gasteiger partial charge in [-0.25, -0.2) is 0 Å². The van der Waals surface area contributed by atoms with Gasteiger partial charge >= 0.3 is 0 Å². The number of ether oxygens (including phenoxy) is 1. The average Bonchev–Trinajstić information content (AvgIpc) is 2.78. The zero-order valence-electron chi connectivity index (χ0n) is 16.2. The SMILES string of the molecule is COc1cccc(CCNC(=O)c2cccc(C(=O)NCc3ccncc3)c2)c1. The Labute approximate surface area is 169 Å². The van der Waals surface area contributed by atoms with Crippen molar-refractivity contribution in [3.05, 3.63) is 95.3 Å². The maximum Gasteiger partial charge on any atom is 0.251 e. The van der Waals surface area contributed by atoms with Crippen LogP contribution < -0.4 is 15.4 Å². The molecule has 0 unspecified atom stereocenters. The van der Waals surface area contributed by atoms with Crippen LogP contribution >= 0.6 is 0 Å². The van der Waals surface area contributed by atoms with Crippen molar-refractivity contribution in [2.24, 2.45) is 0 Å². The molecule has 2 aromatic carbocycles. The highest BCUT2D eigenvalue weighted by Gasteiger charge is 2.10. The first-order chi connectivity index (χ1) is 14.2. The number of hydrogen-bond donors (Lipinski definition) is 2. The van der Waals surface area contributed by atoms with Gasteiger partial charge in [0.1, 0.15) is 5.75 Å². The number of nitrogens with one attached hydrogen (secondary N) is 2. The highest BCUT2D eigenvalue weighted by atomic mass is 16.5. The lowest BCUT2D eigenvalue weighted by Crippen LogP contribution is -2.27. The maximum atomic E-state index is 12.4. The number of carbonyl (C=O) groups excluding carboxylic acids is 2. The molecule has 0 bridgehead atoms. The Morgan fingerprint density at radius 3 is 2.28 bits per heavy atom. The van der Waals surface area contributed by atoms with Gasteiger partial charge in [0.25, 0.3) is 11.8 Å². The molecule has 2 amide bonds. The fourth-order valence-electron chi connectivity index (χ4n) is 2.84. The molecule has 0 aliphatic heterocycles. The summed E-state index contributed by atoms with van der Waals surface area (Å²) in [6.45, 7) is 0.892. The molecule has 148 valence electrons. The number of carbonyl (C=O) groups is 2. The fraction of sp³-hybridized carbons (Fsp3) is 0.174. The lowest BCUT2D eigenvalue weighted by molar-refractivity contribution is 0.0950. The van der Waals surface area contributed by atoms with E-state index in [0.717, 1.165) is 16.9 Å². The first-order valence-electron chi connectivity index (χ1n) is 9.34. The molecule has 3 aromatic rings. The zero-order valence-corrected chi connectivity index (χ0v) is 16.2. The quantitative estimate of drug-likeness (QED) is 0.621. The van der Waals surface area contributed by atoms with Crippen molar-refractivity contribution in [1.29, 1.82) is 0 Å². The van der Waals surface area contributed by atoms with E-state index in [1.165, 1.54) is 0 Å². The Morgan fingerprint density at radius 2 is 1.55 bits per heavy atom. The second-order valence-electron chi connectivity index (χ2n) is 6.48. The molecule has 0 atom stereocenters. The van der Waals surface area contributed by atoms with Gasteiger partial charge in [0, 0.05) is 36.6 Å². The van der Waals surface area contributed by atoms with Crippen LogP contribution in [0.3, 0.4) is 0 Å². The summed E-state index contributed by atoms with van der Waals surface area (Å²) in [4.78, 5) is 28.8. The molecule has 1 heterocycles. The summed E-state index contributed by atoms with van der Waals surface area (Å²) in [5.41, 5.74) is 2.93. The van der Waals surface area contributed by atoms with E-state index < -0.39 is 0 Å². The van der Waals surface area contributed by atoms with Gasteiger partial charge in [-0.1, -0.05) is 18.2 Å². The largest absolute Gasteiger partial charge is 0.497 e. The van der Waals surface area contributed by atoms with Crippen LogP contribution in [-0.4, -0.2) is 30.5 Å². The van der Waals surface area contributed by atoms with Crippen LogP contribution in [0.4, 0.5) is 0 Å². The molecule has 0 fully saturated rings. The summed E-state index contributed by atoms with van der Waals surface area (Å²) in [6, 6.07) is 18.1. The van der Waals surface area contributed by atoms with Gasteiger partial charge in [-0.3, -0.25) is 14.6 Å². The predicted molar refractivity (Wildman–Crippen MR) is 111 cm³/mol. The highest BCUT2D eigenvalue weighted by molar-refractivity contribution is 5.99. The number of benzene rings is 2. The lowest BCUT2D eigenvalue weighted by atomic mass is 10.1. The molecular formula is C23H23N3O3. The number of methoxy groups -OCH3 is 1. The van der Waals surface area contributed by atoms with E-state index >= 15 is 0 Å². The second-order valence-corrected chi connectivity index (χ2v) is 6.48. The van der Waals surface area contributed by atoms with E-state index in [4.69, 9.17) is 4.74 Å². The first kappa shape index (κ1) is 20.1. The van der Waals surface area contributed by atoms with Gasteiger partial charge in [0.2, 0.25) is 0 Å². The third-order valence-corrected chi connectivity index (χ3v) is 4.42. The zero-order chi connectivity index (χ0) is 20.5. The molecule has 0 saturated heterocycles. The van der Waals surface area contributed by atoms with Gasteiger partial charge in [0.05, 0.1) is 7.11 Å². The number of amides is 2. The summed E-state index contributed by atoms with van der Waals surface area (Å²) >= 11 is 0. The molecule has 6 nitrogen and oxygen atoms in total. The number of aromatic nitrogens is 1. The molecule has 0 spiro atoms. The minimum atomic E-state index is -0.229. The number of pyridine rings is 1. The highest BCUT2D eigenvalue weighted by Crippen LogP contribution is 2.12. The fourth-order valence-corrected chi connectivity index (χ4v) is 2.84.